The highest BCUT2D eigenvalue weighted by Gasteiger charge is 2.63. The van der Waals surface area contributed by atoms with Gasteiger partial charge >= 0.3 is 0 Å². The van der Waals surface area contributed by atoms with Gasteiger partial charge in [0.15, 0.2) is 0 Å². The summed E-state index contributed by atoms with van der Waals surface area (Å²) in [5.41, 5.74) is 2.82. The average molecular weight is 288 g/mol. The number of hydrogen-bond donors (Lipinski definition) is 1. The summed E-state index contributed by atoms with van der Waals surface area (Å²) in [7, 11) is 0. The summed E-state index contributed by atoms with van der Waals surface area (Å²) in [4.78, 5) is 0. The normalized spacial score (nSPS) is 56.0. The minimum Gasteiger partial charge on any atom is -0.396 e. The Morgan fingerprint density at radius 1 is 1.10 bits per heavy atom. The molecule has 0 aromatic heterocycles. The van der Waals surface area contributed by atoms with Gasteiger partial charge in [-0.1, -0.05) is 32.4 Å². The Morgan fingerprint density at radius 2 is 1.86 bits per heavy atom. The summed E-state index contributed by atoms with van der Waals surface area (Å²) in [6, 6.07) is 0. The van der Waals surface area contributed by atoms with E-state index in [4.69, 9.17) is 0 Å². The Morgan fingerprint density at radius 3 is 2.57 bits per heavy atom. The van der Waals surface area contributed by atoms with Crippen LogP contribution >= 0.6 is 0 Å². The molecule has 5 saturated carbocycles. The SMILES string of the molecule is C=C1C[C@]23CC[C@H]1C[C@H]2[C@]1(C)CCC[C@@](C)(CO)[C@H]1CC3. The quantitative estimate of drug-likeness (QED) is 0.677. The van der Waals surface area contributed by atoms with Gasteiger partial charge in [-0.3, -0.25) is 0 Å². The van der Waals surface area contributed by atoms with Gasteiger partial charge in [-0.25, -0.2) is 0 Å². The van der Waals surface area contributed by atoms with E-state index in [0.29, 0.717) is 17.4 Å². The third-order valence-corrected chi connectivity index (χ3v) is 8.60. The number of fused-ring (bicyclic) bond motifs is 3. The van der Waals surface area contributed by atoms with Crippen LogP contribution in [0.5, 0.6) is 0 Å². The zero-order valence-corrected chi connectivity index (χ0v) is 14.0. The lowest BCUT2D eigenvalue weighted by Gasteiger charge is -2.68. The molecule has 0 saturated heterocycles. The van der Waals surface area contributed by atoms with Crippen LogP contribution in [0.25, 0.3) is 0 Å². The molecule has 5 rings (SSSR count). The van der Waals surface area contributed by atoms with Gasteiger partial charge in [0.05, 0.1) is 0 Å². The zero-order valence-electron chi connectivity index (χ0n) is 14.0. The molecule has 21 heavy (non-hydrogen) atoms. The molecule has 0 unspecified atom stereocenters. The van der Waals surface area contributed by atoms with Gasteiger partial charge in [0.1, 0.15) is 0 Å². The van der Waals surface area contributed by atoms with Gasteiger partial charge in [-0.15, -0.1) is 0 Å². The third kappa shape index (κ3) is 1.73. The minimum atomic E-state index is 0.183. The van der Waals surface area contributed by atoms with E-state index in [2.05, 4.69) is 20.4 Å². The summed E-state index contributed by atoms with van der Waals surface area (Å²) in [6.45, 7) is 9.77. The van der Waals surface area contributed by atoms with Crippen molar-refractivity contribution in [1.82, 2.24) is 0 Å². The smallest absolute Gasteiger partial charge is 0.0487 e. The molecule has 1 heteroatoms. The Labute approximate surface area is 130 Å². The summed E-state index contributed by atoms with van der Waals surface area (Å²) < 4.78 is 0. The zero-order chi connectivity index (χ0) is 14.9. The number of allylic oxidation sites excluding steroid dienone is 1. The van der Waals surface area contributed by atoms with Gasteiger partial charge in [-0.2, -0.15) is 0 Å². The van der Waals surface area contributed by atoms with E-state index in [9.17, 15) is 5.11 Å². The highest BCUT2D eigenvalue weighted by atomic mass is 16.3. The van der Waals surface area contributed by atoms with Gasteiger partial charge in [0, 0.05) is 6.61 Å². The molecule has 2 bridgehead atoms. The van der Waals surface area contributed by atoms with E-state index in [1.54, 1.807) is 5.57 Å². The fraction of sp³-hybridized carbons (Fsp3) is 0.900. The Kier molecular flexibility index (Phi) is 2.98. The molecule has 0 amide bonds. The van der Waals surface area contributed by atoms with Crippen molar-refractivity contribution in [3.8, 4) is 0 Å². The number of aliphatic hydroxyl groups is 1. The van der Waals surface area contributed by atoms with Crippen LogP contribution < -0.4 is 0 Å². The Hall–Kier alpha value is -0.300. The molecule has 1 N–H and O–H groups in total. The van der Waals surface area contributed by atoms with Crippen LogP contribution in [0.2, 0.25) is 0 Å². The van der Waals surface area contributed by atoms with Crippen LogP contribution in [0.1, 0.15) is 71.6 Å². The fourth-order valence-electron chi connectivity index (χ4n) is 7.56. The summed E-state index contributed by atoms with van der Waals surface area (Å²) in [6.07, 6.45) is 12.3. The lowest BCUT2D eigenvalue weighted by atomic mass is 9.37. The van der Waals surface area contributed by atoms with Crippen molar-refractivity contribution in [2.75, 3.05) is 6.61 Å². The summed E-state index contributed by atoms with van der Waals surface area (Å²) >= 11 is 0. The van der Waals surface area contributed by atoms with E-state index in [1.165, 1.54) is 57.8 Å². The number of rotatable bonds is 1. The van der Waals surface area contributed by atoms with Crippen molar-refractivity contribution in [3.63, 3.8) is 0 Å². The predicted molar refractivity (Wildman–Crippen MR) is 86.9 cm³/mol. The highest BCUT2D eigenvalue weighted by molar-refractivity contribution is 5.21. The standard InChI is InChI=1S/C20H32O/c1-14-12-20-9-5-15(14)11-17(20)19(3)8-4-7-18(2,13-21)16(19)6-10-20/h15-17,21H,1,4-13H2,2-3H3/t15-,16+,17-,18-,19+,20+/m0/s1. The first-order valence-corrected chi connectivity index (χ1v) is 9.22. The largest absolute Gasteiger partial charge is 0.396 e. The van der Waals surface area contributed by atoms with Gasteiger partial charge in [-0.05, 0) is 85.4 Å². The average Bonchev–Trinajstić information content (AvgIpc) is 2.46. The van der Waals surface area contributed by atoms with Crippen LogP contribution in [0, 0.1) is 34.0 Å². The third-order valence-electron chi connectivity index (χ3n) is 8.60. The second-order valence-corrected chi connectivity index (χ2v) is 9.48. The van der Waals surface area contributed by atoms with E-state index in [-0.39, 0.29) is 5.41 Å². The molecule has 1 spiro atoms. The molecule has 0 aromatic carbocycles. The van der Waals surface area contributed by atoms with Crippen molar-refractivity contribution >= 4 is 0 Å². The molecule has 0 heterocycles. The van der Waals surface area contributed by atoms with E-state index in [1.807, 2.05) is 0 Å². The van der Waals surface area contributed by atoms with Gasteiger partial charge < -0.3 is 5.11 Å². The summed E-state index contributed by atoms with van der Waals surface area (Å²) in [5.74, 6) is 2.46. The molecule has 1 nitrogen and oxygen atoms in total. The van der Waals surface area contributed by atoms with Crippen LogP contribution in [-0.2, 0) is 0 Å². The maximum atomic E-state index is 10.1. The Bertz CT molecular complexity index is 468. The molecule has 5 aliphatic carbocycles. The fourth-order valence-corrected chi connectivity index (χ4v) is 7.56. The van der Waals surface area contributed by atoms with E-state index < -0.39 is 0 Å². The molecule has 0 radical (unpaired) electrons. The summed E-state index contributed by atoms with van der Waals surface area (Å²) in [5, 5.41) is 10.1. The molecule has 118 valence electrons. The molecule has 0 aromatic rings. The lowest BCUT2D eigenvalue weighted by molar-refractivity contribution is -0.178. The van der Waals surface area contributed by atoms with Gasteiger partial charge in [0.25, 0.3) is 0 Å². The second-order valence-electron chi connectivity index (χ2n) is 9.48. The molecule has 6 atom stereocenters. The van der Waals surface area contributed by atoms with Crippen molar-refractivity contribution in [2.45, 2.75) is 71.6 Å². The molecular formula is C20H32O. The first-order chi connectivity index (χ1) is 9.94. The number of hydrogen-bond acceptors (Lipinski definition) is 1. The van der Waals surface area contributed by atoms with Crippen molar-refractivity contribution in [3.05, 3.63) is 12.2 Å². The molecular weight excluding hydrogens is 256 g/mol. The monoisotopic (exact) mass is 288 g/mol. The van der Waals surface area contributed by atoms with Crippen molar-refractivity contribution < 1.29 is 5.11 Å². The predicted octanol–water partition coefficient (Wildman–Crippen LogP) is 4.95. The Balaban J connectivity index is 1.73. The van der Waals surface area contributed by atoms with Crippen molar-refractivity contribution in [1.29, 1.82) is 0 Å². The molecule has 5 fully saturated rings. The van der Waals surface area contributed by atoms with E-state index >= 15 is 0 Å². The molecule has 0 aliphatic heterocycles. The lowest BCUT2D eigenvalue weighted by Crippen LogP contribution is -2.60. The first-order valence-electron chi connectivity index (χ1n) is 9.22. The maximum Gasteiger partial charge on any atom is 0.0487 e. The maximum absolute atomic E-state index is 10.1. The van der Waals surface area contributed by atoms with Gasteiger partial charge in [0.2, 0.25) is 0 Å². The number of aliphatic hydroxyl groups excluding tert-OH is 1. The minimum absolute atomic E-state index is 0.183. The second kappa shape index (κ2) is 4.37. The van der Waals surface area contributed by atoms with Crippen LogP contribution in [0.15, 0.2) is 12.2 Å². The topological polar surface area (TPSA) is 20.2 Å². The van der Waals surface area contributed by atoms with E-state index in [0.717, 1.165) is 17.8 Å². The van der Waals surface area contributed by atoms with Crippen LogP contribution in [0.4, 0.5) is 0 Å². The highest BCUT2D eigenvalue weighted by Crippen LogP contribution is 2.71. The first kappa shape index (κ1) is 14.3. The van der Waals surface area contributed by atoms with Crippen LogP contribution in [-0.4, -0.2) is 11.7 Å². The van der Waals surface area contributed by atoms with Crippen LogP contribution in [0.3, 0.4) is 0 Å². The molecule has 5 aliphatic rings. The van der Waals surface area contributed by atoms with Crippen molar-refractivity contribution in [2.24, 2.45) is 34.0 Å².